The van der Waals surface area contributed by atoms with E-state index in [1.165, 1.54) is 29.7 Å². The molecule has 9 heteroatoms. The Hall–Kier alpha value is -1.71. The van der Waals surface area contributed by atoms with E-state index in [0.717, 1.165) is 17.4 Å². The van der Waals surface area contributed by atoms with Crippen LogP contribution in [-0.4, -0.2) is 56.5 Å². The Kier molecular flexibility index (Phi) is 5.91. The molecule has 0 saturated carbocycles. The lowest BCUT2D eigenvalue weighted by molar-refractivity contribution is -0.121. The summed E-state index contributed by atoms with van der Waals surface area (Å²) in [5, 5.41) is 2.59. The topological polar surface area (TPSA) is 97.7 Å². The van der Waals surface area contributed by atoms with Crippen LogP contribution in [0, 0.1) is 0 Å². The molecule has 1 fully saturated rings. The van der Waals surface area contributed by atoms with Gasteiger partial charge < -0.3 is 14.6 Å². The van der Waals surface area contributed by atoms with Crippen LogP contribution in [0.1, 0.15) is 12.8 Å². The minimum Gasteiger partial charge on any atom is -0.383 e. The molecular formula is C14H21N3O5S. The zero-order valence-electron chi connectivity index (χ0n) is 13.0. The smallest absolute Gasteiger partial charge is 0.251 e. The van der Waals surface area contributed by atoms with Crippen molar-refractivity contribution < 1.29 is 17.9 Å². The summed E-state index contributed by atoms with van der Waals surface area (Å²) in [6.07, 6.45) is 2.90. The van der Waals surface area contributed by atoms with Crippen molar-refractivity contribution in [3.05, 3.63) is 28.7 Å². The van der Waals surface area contributed by atoms with Crippen LogP contribution < -0.4 is 10.9 Å². The first kappa shape index (κ1) is 17.6. The first-order chi connectivity index (χ1) is 10.9. The Bertz CT molecular complexity index is 707. The number of ether oxygens (including phenoxy) is 1. The predicted molar refractivity (Wildman–Crippen MR) is 83.6 cm³/mol. The van der Waals surface area contributed by atoms with Gasteiger partial charge in [-0.2, -0.15) is 4.31 Å². The van der Waals surface area contributed by atoms with Gasteiger partial charge in [-0.1, -0.05) is 0 Å². The Morgan fingerprint density at radius 1 is 1.30 bits per heavy atom. The van der Waals surface area contributed by atoms with E-state index >= 15 is 0 Å². The van der Waals surface area contributed by atoms with Gasteiger partial charge in [-0.05, 0) is 18.9 Å². The molecule has 1 aromatic heterocycles. The molecule has 2 heterocycles. The largest absolute Gasteiger partial charge is 0.383 e. The summed E-state index contributed by atoms with van der Waals surface area (Å²) in [5.41, 5.74) is -0.424. The zero-order chi connectivity index (χ0) is 16.9. The summed E-state index contributed by atoms with van der Waals surface area (Å²) in [4.78, 5) is 23.6. The van der Waals surface area contributed by atoms with Gasteiger partial charge >= 0.3 is 0 Å². The molecule has 0 aromatic carbocycles. The lowest BCUT2D eigenvalue weighted by Gasteiger charge is -2.16. The van der Waals surface area contributed by atoms with E-state index in [-0.39, 0.29) is 17.3 Å². The van der Waals surface area contributed by atoms with Gasteiger partial charge in [0.2, 0.25) is 15.9 Å². The average molecular weight is 343 g/mol. The third-order valence-electron chi connectivity index (χ3n) is 3.60. The SMILES string of the molecule is COCCNC(=O)Cn1cc(S(=O)(=O)N2CCCC2)ccc1=O. The Balaban J connectivity index is 2.15. The molecule has 2 rings (SSSR count). The summed E-state index contributed by atoms with van der Waals surface area (Å²) >= 11 is 0. The summed E-state index contributed by atoms with van der Waals surface area (Å²) in [6, 6.07) is 2.46. The molecule has 1 amide bonds. The van der Waals surface area contributed by atoms with E-state index in [4.69, 9.17) is 4.74 Å². The number of carbonyl (C=O) groups is 1. The van der Waals surface area contributed by atoms with Crippen LogP contribution in [0.3, 0.4) is 0 Å². The van der Waals surface area contributed by atoms with Gasteiger partial charge in [-0.15, -0.1) is 0 Å². The highest BCUT2D eigenvalue weighted by atomic mass is 32.2. The molecule has 1 saturated heterocycles. The molecule has 1 aromatic rings. The maximum absolute atomic E-state index is 12.5. The highest BCUT2D eigenvalue weighted by Gasteiger charge is 2.27. The van der Waals surface area contributed by atoms with Crippen LogP contribution in [0.15, 0.2) is 28.0 Å². The minimum absolute atomic E-state index is 0.0312. The summed E-state index contributed by atoms with van der Waals surface area (Å²) in [5.74, 6) is -0.375. The predicted octanol–water partition coefficient (Wildman–Crippen LogP) is -0.605. The Morgan fingerprint density at radius 3 is 2.65 bits per heavy atom. The van der Waals surface area contributed by atoms with Crippen LogP contribution >= 0.6 is 0 Å². The molecular weight excluding hydrogens is 322 g/mol. The summed E-state index contributed by atoms with van der Waals surface area (Å²) < 4.78 is 32.3. The number of sulfonamides is 1. The van der Waals surface area contributed by atoms with Crippen molar-refractivity contribution in [2.75, 3.05) is 33.4 Å². The Labute approximate surface area is 135 Å². The van der Waals surface area contributed by atoms with E-state index in [0.29, 0.717) is 26.2 Å². The lowest BCUT2D eigenvalue weighted by Crippen LogP contribution is -2.34. The van der Waals surface area contributed by atoms with Crippen LogP contribution in [0.5, 0.6) is 0 Å². The highest BCUT2D eigenvalue weighted by molar-refractivity contribution is 7.89. The number of hydrogen-bond acceptors (Lipinski definition) is 5. The number of nitrogens with one attached hydrogen (secondary N) is 1. The van der Waals surface area contributed by atoms with Gasteiger partial charge in [-0.25, -0.2) is 8.42 Å². The molecule has 23 heavy (non-hydrogen) atoms. The lowest BCUT2D eigenvalue weighted by atomic mass is 10.4. The number of hydrogen-bond donors (Lipinski definition) is 1. The van der Waals surface area contributed by atoms with Crippen molar-refractivity contribution in [2.45, 2.75) is 24.3 Å². The number of carbonyl (C=O) groups excluding carboxylic acids is 1. The number of aromatic nitrogens is 1. The van der Waals surface area contributed by atoms with Crippen LogP contribution in [0.4, 0.5) is 0 Å². The molecule has 128 valence electrons. The highest BCUT2D eigenvalue weighted by Crippen LogP contribution is 2.19. The molecule has 0 spiro atoms. The molecule has 8 nitrogen and oxygen atoms in total. The number of amides is 1. The fourth-order valence-corrected chi connectivity index (χ4v) is 3.90. The van der Waals surface area contributed by atoms with E-state index in [1.807, 2.05) is 0 Å². The fraction of sp³-hybridized carbons (Fsp3) is 0.571. The third kappa shape index (κ3) is 4.40. The Morgan fingerprint density at radius 2 is 2.00 bits per heavy atom. The van der Waals surface area contributed by atoms with Crippen molar-refractivity contribution in [3.63, 3.8) is 0 Å². The molecule has 0 bridgehead atoms. The maximum atomic E-state index is 12.5. The van der Waals surface area contributed by atoms with E-state index < -0.39 is 15.6 Å². The van der Waals surface area contributed by atoms with Crippen molar-refractivity contribution in [3.8, 4) is 0 Å². The zero-order valence-corrected chi connectivity index (χ0v) is 13.8. The number of methoxy groups -OCH3 is 1. The van der Waals surface area contributed by atoms with Crippen molar-refractivity contribution in [1.29, 1.82) is 0 Å². The number of pyridine rings is 1. The number of rotatable bonds is 7. The second-order valence-electron chi connectivity index (χ2n) is 5.28. The molecule has 1 N–H and O–H groups in total. The summed E-state index contributed by atoms with van der Waals surface area (Å²) in [7, 11) is -2.10. The molecule has 0 aliphatic carbocycles. The molecule has 0 unspecified atom stereocenters. The average Bonchev–Trinajstić information content (AvgIpc) is 3.04. The molecule has 0 radical (unpaired) electrons. The van der Waals surface area contributed by atoms with E-state index in [2.05, 4.69) is 5.32 Å². The van der Waals surface area contributed by atoms with Gasteiger partial charge in [0.05, 0.1) is 11.5 Å². The fourth-order valence-electron chi connectivity index (χ4n) is 2.37. The molecule has 0 atom stereocenters. The standard InChI is InChI=1S/C14H21N3O5S/c1-22-9-6-15-13(18)11-16-10-12(4-5-14(16)19)23(20,21)17-7-2-3-8-17/h4-5,10H,2-3,6-9,11H2,1H3,(H,15,18). The van der Waals surface area contributed by atoms with Gasteiger partial charge in [0.25, 0.3) is 5.56 Å². The summed E-state index contributed by atoms with van der Waals surface area (Å²) in [6.45, 7) is 1.43. The third-order valence-corrected chi connectivity index (χ3v) is 5.48. The van der Waals surface area contributed by atoms with Crippen LogP contribution in [0.2, 0.25) is 0 Å². The molecule has 1 aliphatic rings. The minimum atomic E-state index is -3.61. The van der Waals surface area contributed by atoms with E-state index in [1.54, 1.807) is 0 Å². The van der Waals surface area contributed by atoms with Crippen molar-refractivity contribution >= 4 is 15.9 Å². The van der Waals surface area contributed by atoms with Gasteiger partial charge in [0.15, 0.2) is 0 Å². The normalized spacial score (nSPS) is 15.7. The molecule has 1 aliphatic heterocycles. The van der Waals surface area contributed by atoms with E-state index in [9.17, 15) is 18.0 Å². The second kappa shape index (κ2) is 7.71. The second-order valence-corrected chi connectivity index (χ2v) is 7.22. The van der Waals surface area contributed by atoms with Gasteiger partial charge in [0.1, 0.15) is 6.54 Å². The maximum Gasteiger partial charge on any atom is 0.251 e. The van der Waals surface area contributed by atoms with Gasteiger partial charge in [0, 0.05) is 39.0 Å². The van der Waals surface area contributed by atoms with Crippen molar-refractivity contribution in [2.24, 2.45) is 0 Å². The van der Waals surface area contributed by atoms with Crippen LogP contribution in [-0.2, 0) is 26.1 Å². The van der Waals surface area contributed by atoms with Gasteiger partial charge in [-0.3, -0.25) is 9.59 Å². The first-order valence-electron chi connectivity index (χ1n) is 7.41. The quantitative estimate of drug-likeness (QED) is 0.667. The first-order valence-corrected chi connectivity index (χ1v) is 8.85. The van der Waals surface area contributed by atoms with Crippen LogP contribution in [0.25, 0.3) is 0 Å². The monoisotopic (exact) mass is 343 g/mol. The number of nitrogens with zero attached hydrogens (tertiary/aromatic N) is 2. The van der Waals surface area contributed by atoms with Crippen molar-refractivity contribution in [1.82, 2.24) is 14.2 Å².